The number of likely N-dealkylation sites (tertiary alicyclic amines) is 1. The van der Waals surface area contributed by atoms with Gasteiger partial charge in [-0.1, -0.05) is 215 Å². The monoisotopic (exact) mass is 1670 g/mol. The van der Waals surface area contributed by atoms with E-state index in [1.807, 2.05) is 97.9 Å². The molecule has 2 heterocycles. The van der Waals surface area contributed by atoms with Crippen LogP contribution in [0.25, 0.3) is 0 Å². The summed E-state index contributed by atoms with van der Waals surface area (Å²) in [5.74, 6) is -9.53. The lowest BCUT2D eigenvalue weighted by molar-refractivity contribution is -0.157. The van der Waals surface area contributed by atoms with Crippen LogP contribution in [-0.4, -0.2) is 262 Å². The van der Waals surface area contributed by atoms with Gasteiger partial charge in [-0.2, -0.15) is 0 Å². The first-order chi connectivity index (χ1) is 56.0. The third kappa shape index (κ3) is 28.8. The number of piperidine rings is 1. The Labute approximate surface area is 718 Å². The molecular formula is C94H152N12O14. The SMILES string of the molecule is C/C=C/C[C@@H](C)[C@@H](O)[C@H]1C(=O)N[C@@H](CC)C(=O)N(C)CC(=O)N(C)[C@@H](CC(C)C)C(=O)N[C@@H](C(C)C)C(=O)N(C)[C@@H](CC(C)C)C(=O)N[C@@H](C)C(=O)N[C@H](C)C(=O)N(C)[C@@H](CC(C)C)C(=O)N(C)[C@@H](CC(C)C)C(=O)N(C)[C@@H](C(C)C)C(=O)N1C.CC(C)(C)c1ccc(C(O)CCCN2CCC(C(O)(c3ccccc3)c3ccccc3)CC2)cc1. The minimum atomic E-state index is -1.61. The number of hydrogen-bond acceptors (Lipinski definition) is 15. The van der Waals surface area contributed by atoms with Gasteiger partial charge in [0.15, 0.2) is 0 Å². The summed E-state index contributed by atoms with van der Waals surface area (Å²) in [7, 11) is 9.92. The molecule has 0 aliphatic carbocycles. The summed E-state index contributed by atoms with van der Waals surface area (Å²) in [5.41, 5.74) is 3.41. The van der Waals surface area contributed by atoms with Crippen molar-refractivity contribution < 1.29 is 68.1 Å². The molecule has 26 nitrogen and oxygen atoms in total. The fourth-order valence-electron chi connectivity index (χ4n) is 16.2. The van der Waals surface area contributed by atoms with Crippen molar-refractivity contribution in [2.75, 3.05) is 75.5 Å². The number of carbonyl (C=O) groups is 11. The summed E-state index contributed by atoms with van der Waals surface area (Å²) in [4.78, 5) is 171. The highest BCUT2D eigenvalue weighted by Gasteiger charge is 2.47. The molecular weight excluding hydrogens is 1520 g/mol. The molecule has 5 rings (SSSR count). The largest absolute Gasteiger partial charge is 0.390 e. The average molecular weight is 1670 g/mol. The van der Waals surface area contributed by atoms with Gasteiger partial charge in [-0.05, 0) is 180 Å². The van der Waals surface area contributed by atoms with Gasteiger partial charge in [0.2, 0.25) is 65.0 Å². The number of nitrogens with zero attached hydrogens (tertiary/aromatic N) is 8. The van der Waals surface area contributed by atoms with E-state index < -0.39 is 168 Å². The minimum absolute atomic E-state index is 0.0229. The molecule has 11 amide bonds. The molecule has 0 radical (unpaired) electrons. The summed E-state index contributed by atoms with van der Waals surface area (Å²) in [5, 5.41) is 45.8. The standard InChI is InChI=1S/C62H111N11O12.C32H41NO2/c1-25-27-28-40(15)52(75)51-56(79)65-43(26-2)58(81)67(18)33-48(74)68(19)44(29-34(3)4)55(78)66-49(38(11)12)61(84)69(20)45(30-35(5)6)54(77)63-41(16)53(76)64-42(17)57(80)70(21)46(31-36(7)8)59(82)71(22)47(32-37(9)10)60(83)72(23)50(39(13)14)62(85)73(51)24;1-31(2,3)26-18-16-25(17-19-26)30(34)15-10-22-33-23-20-29(21-24-33)32(35,27-11-6-4-7-12-27)28-13-8-5-9-14-28/h25,27,34-47,49-52,75H,26,28-33H2,1-24H3,(H,63,77)(H,64,76)(H,65,79)(H,66,78);4-9,11-14,16-19,29-30,34-35H,10,15,20-24H2,1-3H3/b27-25+;/t40-,41+,42-,43+,44+,45+,46+,47+,49+,50+,51+,52-;/m1./s1. The van der Waals surface area contributed by atoms with Crippen molar-refractivity contribution in [3.8, 4) is 0 Å². The van der Waals surface area contributed by atoms with Crippen LogP contribution in [0.3, 0.4) is 0 Å². The molecule has 13 atom stereocenters. The van der Waals surface area contributed by atoms with E-state index in [1.165, 1.54) is 93.2 Å². The Morgan fingerprint density at radius 2 is 0.917 bits per heavy atom. The molecule has 7 N–H and O–H groups in total. The maximum atomic E-state index is 15.1. The van der Waals surface area contributed by atoms with Crippen molar-refractivity contribution >= 4 is 65.0 Å². The third-order valence-corrected chi connectivity index (χ3v) is 23.8. The van der Waals surface area contributed by atoms with Crippen molar-refractivity contribution in [1.82, 2.24) is 60.5 Å². The van der Waals surface area contributed by atoms with Gasteiger partial charge >= 0.3 is 0 Å². The van der Waals surface area contributed by atoms with Crippen LogP contribution < -0.4 is 21.3 Å². The van der Waals surface area contributed by atoms with E-state index in [1.54, 1.807) is 54.5 Å². The zero-order valence-electron chi connectivity index (χ0n) is 77.6. The summed E-state index contributed by atoms with van der Waals surface area (Å²) < 4.78 is 0. The average Bonchev–Trinajstić information content (AvgIpc) is 0.766. The number of aliphatic hydroxyl groups excluding tert-OH is 2. The van der Waals surface area contributed by atoms with Crippen LogP contribution in [0.2, 0.25) is 0 Å². The second kappa shape index (κ2) is 47.7. The van der Waals surface area contributed by atoms with E-state index in [-0.39, 0.29) is 67.1 Å². The Morgan fingerprint density at radius 1 is 0.475 bits per heavy atom. The van der Waals surface area contributed by atoms with Crippen molar-refractivity contribution in [3.63, 3.8) is 0 Å². The van der Waals surface area contributed by atoms with E-state index >= 15 is 9.59 Å². The van der Waals surface area contributed by atoms with Gasteiger partial charge in [-0.25, -0.2) is 0 Å². The Balaban J connectivity index is 0.000000707. The second-order valence-corrected chi connectivity index (χ2v) is 37.2. The lowest BCUT2D eigenvalue weighted by Gasteiger charge is -2.42. The number of nitrogens with one attached hydrogen (secondary N) is 4. The number of allylic oxidation sites excluding steroid dienone is 2. The highest BCUT2D eigenvalue weighted by Crippen LogP contribution is 2.42. The van der Waals surface area contributed by atoms with Crippen LogP contribution in [0, 0.1) is 47.3 Å². The number of amides is 11. The third-order valence-electron chi connectivity index (χ3n) is 23.8. The molecule has 2 saturated heterocycles. The van der Waals surface area contributed by atoms with Crippen LogP contribution in [0.15, 0.2) is 97.1 Å². The van der Waals surface area contributed by atoms with Gasteiger partial charge in [-0.3, -0.25) is 52.7 Å². The molecule has 2 aliphatic rings. The molecule has 3 aromatic rings. The van der Waals surface area contributed by atoms with E-state index in [2.05, 4.69) is 95.5 Å². The highest BCUT2D eigenvalue weighted by atomic mass is 16.3. The Bertz CT molecular complexity index is 3780. The van der Waals surface area contributed by atoms with Gasteiger partial charge < -0.3 is 75.8 Å². The van der Waals surface area contributed by atoms with Gasteiger partial charge in [0.1, 0.15) is 66.0 Å². The smallest absolute Gasteiger partial charge is 0.246 e. The fraction of sp³-hybridized carbons (Fsp3) is 0.670. The van der Waals surface area contributed by atoms with Crippen LogP contribution in [-0.2, 0) is 63.8 Å². The van der Waals surface area contributed by atoms with Crippen LogP contribution in [0.5, 0.6) is 0 Å². The van der Waals surface area contributed by atoms with Crippen molar-refractivity contribution in [1.29, 1.82) is 0 Å². The van der Waals surface area contributed by atoms with E-state index in [0.29, 0.717) is 6.42 Å². The topological polar surface area (TPSA) is 323 Å². The van der Waals surface area contributed by atoms with E-state index in [4.69, 9.17) is 0 Å². The minimum Gasteiger partial charge on any atom is -0.390 e. The zero-order chi connectivity index (χ0) is 90.9. The maximum Gasteiger partial charge on any atom is 0.246 e. The maximum absolute atomic E-state index is 15.1. The van der Waals surface area contributed by atoms with Crippen LogP contribution in [0.1, 0.15) is 231 Å². The number of aliphatic hydroxyl groups is 3. The first-order valence-electron chi connectivity index (χ1n) is 43.7. The van der Waals surface area contributed by atoms with Crippen molar-refractivity contribution in [2.45, 2.75) is 286 Å². The molecule has 3 aromatic carbocycles. The molecule has 2 aliphatic heterocycles. The van der Waals surface area contributed by atoms with Crippen LogP contribution in [0.4, 0.5) is 0 Å². The Hall–Kier alpha value is -8.59. The first-order valence-corrected chi connectivity index (χ1v) is 43.7. The number of rotatable bonds is 23. The number of hydrogen-bond donors (Lipinski definition) is 7. The number of benzene rings is 3. The van der Waals surface area contributed by atoms with Gasteiger partial charge in [0, 0.05) is 49.3 Å². The highest BCUT2D eigenvalue weighted by molar-refractivity contribution is 5.99. The number of likely N-dealkylation sites (N-methyl/N-ethyl adjacent to an activating group) is 7. The van der Waals surface area contributed by atoms with E-state index in [0.717, 1.165) is 71.8 Å². The van der Waals surface area contributed by atoms with Crippen molar-refractivity contribution in [2.24, 2.45) is 47.3 Å². The van der Waals surface area contributed by atoms with Crippen molar-refractivity contribution in [3.05, 3.63) is 119 Å². The summed E-state index contributed by atoms with van der Waals surface area (Å²) >= 11 is 0. The predicted octanol–water partition coefficient (Wildman–Crippen LogP) is 9.71. The predicted molar refractivity (Wildman–Crippen MR) is 473 cm³/mol. The Kier molecular flexibility index (Phi) is 41.3. The normalized spacial score (nSPS) is 24.0. The summed E-state index contributed by atoms with van der Waals surface area (Å²) in [6.07, 6.45) is 6.28. The van der Waals surface area contributed by atoms with Gasteiger partial charge in [0.05, 0.1) is 18.8 Å². The fourth-order valence-corrected chi connectivity index (χ4v) is 16.2. The Morgan fingerprint density at radius 3 is 1.38 bits per heavy atom. The molecule has 0 saturated carbocycles. The van der Waals surface area contributed by atoms with Crippen LogP contribution >= 0.6 is 0 Å². The molecule has 26 heteroatoms. The quantitative estimate of drug-likeness (QED) is 0.0434. The van der Waals surface area contributed by atoms with Gasteiger partial charge in [-0.15, -0.1) is 0 Å². The molecule has 672 valence electrons. The first kappa shape index (κ1) is 104. The zero-order valence-corrected chi connectivity index (χ0v) is 77.6. The molecule has 0 spiro atoms. The lowest BCUT2D eigenvalue weighted by Crippen LogP contribution is -2.63. The summed E-state index contributed by atoms with van der Waals surface area (Å²) in [6.45, 7) is 38.9. The summed E-state index contributed by atoms with van der Waals surface area (Å²) in [6, 6.07) is 16.4. The van der Waals surface area contributed by atoms with Gasteiger partial charge in [0.25, 0.3) is 0 Å². The molecule has 1 unspecified atom stereocenters. The molecule has 0 aromatic heterocycles. The van der Waals surface area contributed by atoms with E-state index in [9.17, 15) is 58.5 Å². The molecule has 0 bridgehead atoms. The second-order valence-electron chi connectivity index (χ2n) is 37.2. The number of carbonyl (C=O) groups excluding carboxylic acids is 11. The molecule has 2 fully saturated rings. The molecule has 120 heavy (non-hydrogen) atoms. The lowest BCUT2D eigenvalue weighted by atomic mass is 9.72.